The third kappa shape index (κ3) is 2.88. The molecule has 0 saturated heterocycles. The van der Waals surface area contributed by atoms with Crippen LogP contribution < -0.4 is 9.57 Å². The van der Waals surface area contributed by atoms with Crippen molar-refractivity contribution in [2.45, 2.75) is 6.36 Å². The Labute approximate surface area is 60.8 Å². The second-order valence-corrected chi connectivity index (χ2v) is 1.77. The zero-order valence-corrected chi connectivity index (χ0v) is 5.38. The lowest BCUT2D eigenvalue weighted by Crippen LogP contribution is -2.48. The molecule has 0 amide bonds. The zero-order chi connectivity index (χ0) is 8.32. The second kappa shape index (κ2) is 2.77. The number of halogens is 3. The van der Waals surface area contributed by atoms with E-state index < -0.39 is 6.36 Å². The van der Waals surface area contributed by atoms with Crippen LogP contribution >= 0.6 is 0 Å². The molecule has 2 nitrogen and oxygen atoms in total. The SMILES string of the molecule is FC(F)(F)O[n+]1ccccc1. The molecular weight excluding hydrogens is 159 g/mol. The molecule has 0 bridgehead atoms. The summed E-state index contributed by atoms with van der Waals surface area (Å²) in [6.07, 6.45) is -2.31. The van der Waals surface area contributed by atoms with Gasteiger partial charge < -0.3 is 0 Å². The molecule has 0 N–H and O–H groups in total. The summed E-state index contributed by atoms with van der Waals surface area (Å²) in [6.45, 7) is 0. The number of rotatable bonds is 1. The standard InChI is InChI=1S/C6H5F3NO/c7-6(8,9)11-10-4-2-1-3-5-10/h1-5H/q+1. The van der Waals surface area contributed by atoms with Gasteiger partial charge in [0.1, 0.15) is 0 Å². The Kier molecular flexibility index (Phi) is 1.98. The predicted octanol–water partition coefficient (Wildman–Crippen LogP) is 0.922. The molecule has 0 atom stereocenters. The zero-order valence-electron chi connectivity index (χ0n) is 5.38. The molecule has 5 heteroatoms. The van der Waals surface area contributed by atoms with E-state index >= 15 is 0 Å². The van der Waals surface area contributed by atoms with Gasteiger partial charge in [0, 0.05) is 16.9 Å². The first kappa shape index (κ1) is 7.84. The van der Waals surface area contributed by atoms with Crippen LogP contribution in [-0.2, 0) is 0 Å². The number of pyridine rings is 1. The molecule has 0 unspecified atom stereocenters. The maximum Gasteiger partial charge on any atom is 0.625 e. The van der Waals surface area contributed by atoms with Crippen molar-refractivity contribution in [3.05, 3.63) is 30.6 Å². The van der Waals surface area contributed by atoms with Gasteiger partial charge >= 0.3 is 6.36 Å². The van der Waals surface area contributed by atoms with Gasteiger partial charge in [-0.1, -0.05) is 6.07 Å². The number of hydrogen-bond acceptors (Lipinski definition) is 1. The van der Waals surface area contributed by atoms with Crippen molar-refractivity contribution in [2.24, 2.45) is 0 Å². The van der Waals surface area contributed by atoms with E-state index in [9.17, 15) is 13.2 Å². The van der Waals surface area contributed by atoms with Crippen LogP contribution in [0.1, 0.15) is 0 Å². The van der Waals surface area contributed by atoms with E-state index in [1.807, 2.05) is 0 Å². The fraction of sp³-hybridized carbons (Fsp3) is 0.167. The normalized spacial score (nSPS) is 11.2. The van der Waals surface area contributed by atoms with Crippen LogP contribution in [0, 0.1) is 0 Å². The third-order valence-electron chi connectivity index (χ3n) is 0.897. The van der Waals surface area contributed by atoms with E-state index in [1.165, 1.54) is 12.1 Å². The summed E-state index contributed by atoms with van der Waals surface area (Å²) in [6, 6.07) is 4.47. The summed E-state index contributed by atoms with van der Waals surface area (Å²) in [4.78, 5) is 3.52. The molecule has 0 fully saturated rings. The lowest BCUT2D eigenvalue weighted by Gasteiger charge is -1.98. The average Bonchev–Trinajstić information content (AvgIpc) is 1.85. The number of hydrogen-bond donors (Lipinski definition) is 0. The molecule has 0 radical (unpaired) electrons. The first-order valence-electron chi connectivity index (χ1n) is 2.80. The fourth-order valence-electron chi connectivity index (χ4n) is 0.563. The van der Waals surface area contributed by atoms with Crippen molar-refractivity contribution in [3.8, 4) is 0 Å². The quantitative estimate of drug-likeness (QED) is 0.562. The fourth-order valence-corrected chi connectivity index (χ4v) is 0.563. The predicted molar refractivity (Wildman–Crippen MR) is 29.3 cm³/mol. The first-order chi connectivity index (χ1) is 5.08. The summed E-state index contributed by atoms with van der Waals surface area (Å²) < 4.78 is 35.1. The van der Waals surface area contributed by atoms with Gasteiger partial charge in [0.25, 0.3) is 0 Å². The van der Waals surface area contributed by atoms with E-state index in [2.05, 4.69) is 4.84 Å². The molecule has 60 valence electrons. The van der Waals surface area contributed by atoms with Crippen molar-refractivity contribution in [1.82, 2.24) is 0 Å². The van der Waals surface area contributed by atoms with Crippen molar-refractivity contribution in [3.63, 3.8) is 0 Å². The molecule has 1 heterocycles. The molecule has 0 aliphatic heterocycles. The molecule has 11 heavy (non-hydrogen) atoms. The summed E-state index contributed by atoms with van der Waals surface area (Å²) in [5, 5.41) is 0. The molecule has 1 rings (SSSR count). The van der Waals surface area contributed by atoms with Gasteiger partial charge in [0.2, 0.25) is 12.4 Å². The van der Waals surface area contributed by atoms with E-state index in [0.29, 0.717) is 4.73 Å². The molecule has 0 aromatic carbocycles. The number of alkyl halides is 3. The van der Waals surface area contributed by atoms with Gasteiger partial charge in [-0.25, -0.2) is 0 Å². The minimum atomic E-state index is -4.63. The lowest BCUT2D eigenvalue weighted by atomic mass is 10.5. The Bertz CT molecular complexity index is 221. The molecule has 0 aliphatic carbocycles. The summed E-state index contributed by atoms with van der Waals surface area (Å²) in [7, 11) is 0. The van der Waals surface area contributed by atoms with Crippen LogP contribution in [0.3, 0.4) is 0 Å². The van der Waals surface area contributed by atoms with Crippen molar-refractivity contribution >= 4 is 0 Å². The minimum absolute atomic E-state index is 0.583. The first-order valence-corrected chi connectivity index (χ1v) is 2.80. The van der Waals surface area contributed by atoms with Crippen LogP contribution in [0.5, 0.6) is 0 Å². The summed E-state index contributed by atoms with van der Waals surface area (Å²) >= 11 is 0. The Morgan fingerprint density at radius 2 is 1.55 bits per heavy atom. The summed E-state index contributed by atoms with van der Waals surface area (Å²) in [5.41, 5.74) is 0. The van der Waals surface area contributed by atoms with E-state index in [1.54, 1.807) is 6.07 Å². The van der Waals surface area contributed by atoms with E-state index in [0.717, 1.165) is 12.4 Å². The monoisotopic (exact) mass is 164 g/mol. The second-order valence-electron chi connectivity index (χ2n) is 1.77. The maximum atomic E-state index is 11.5. The topological polar surface area (TPSA) is 13.1 Å². The molecular formula is C6H5F3NO+. The van der Waals surface area contributed by atoms with Crippen molar-refractivity contribution in [1.29, 1.82) is 0 Å². The molecule has 0 aliphatic rings. The lowest BCUT2D eigenvalue weighted by molar-refractivity contribution is -0.928. The van der Waals surface area contributed by atoms with Crippen LogP contribution in [0.2, 0.25) is 0 Å². The smallest absolute Gasteiger partial charge is 0.154 e. The van der Waals surface area contributed by atoms with Crippen molar-refractivity contribution in [2.75, 3.05) is 0 Å². The Morgan fingerprint density at radius 1 is 1.00 bits per heavy atom. The molecule has 1 aromatic rings. The third-order valence-corrected chi connectivity index (χ3v) is 0.897. The maximum absolute atomic E-state index is 11.5. The van der Waals surface area contributed by atoms with Gasteiger partial charge in [-0.05, 0) is 0 Å². The highest BCUT2D eigenvalue weighted by Crippen LogP contribution is 2.09. The molecule has 1 aromatic heterocycles. The van der Waals surface area contributed by atoms with Crippen LogP contribution in [0.4, 0.5) is 13.2 Å². The largest absolute Gasteiger partial charge is 0.625 e. The van der Waals surface area contributed by atoms with Gasteiger partial charge in [0.05, 0.1) is 0 Å². The minimum Gasteiger partial charge on any atom is -0.154 e. The van der Waals surface area contributed by atoms with Gasteiger partial charge in [-0.2, -0.15) is 4.84 Å². The highest BCUT2D eigenvalue weighted by atomic mass is 19.4. The Balaban J connectivity index is 2.66. The van der Waals surface area contributed by atoms with Gasteiger partial charge in [-0.3, -0.25) is 0 Å². The van der Waals surface area contributed by atoms with E-state index in [4.69, 9.17) is 0 Å². The summed E-state index contributed by atoms with van der Waals surface area (Å²) in [5.74, 6) is 0. The average molecular weight is 164 g/mol. The number of nitrogens with zero attached hydrogens (tertiary/aromatic N) is 1. The highest BCUT2D eigenvalue weighted by molar-refractivity contribution is 4.83. The highest BCUT2D eigenvalue weighted by Gasteiger charge is 2.36. The molecule has 0 spiro atoms. The Hall–Kier alpha value is -1.26. The van der Waals surface area contributed by atoms with E-state index in [-0.39, 0.29) is 0 Å². The molecule has 0 saturated carbocycles. The van der Waals surface area contributed by atoms with Crippen molar-refractivity contribution < 1.29 is 22.7 Å². The Morgan fingerprint density at radius 3 is 2.00 bits per heavy atom. The van der Waals surface area contributed by atoms with Crippen LogP contribution in [-0.4, -0.2) is 6.36 Å². The van der Waals surface area contributed by atoms with Crippen LogP contribution in [0.25, 0.3) is 0 Å². The number of aromatic nitrogens is 1. The van der Waals surface area contributed by atoms with Gasteiger partial charge in [-0.15, -0.1) is 13.2 Å². The van der Waals surface area contributed by atoms with Crippen LogP contribution in [0.15, 0.2) is 30.6 Å². The van der Waals surface area contributed by atoms with Gasteiger partial charge in [0.15, 0.2) is 0 Å².